The summed E-state index contributed by atoms with van der Waals surface area (Å²) in [7, 11) is 1.65. The lowest BCUT2D eigenvalue weighted by Gasteiger charge is -2.14. The van der Waals surface area contributed by atoms with Gasteiger partial charge < -0.3 is 4.74 Å². The number of methoxy groups -OCH3 is 1. The van der Waals surface area contributed by atoms with E-state index in [2.05, 4.69) is 11.1 Å². The van der Waals surface area contributed by atoms with Gasteiger partial charge in [0.05, 0.1) is 17.3 Å². The van der Waals surface area contributed by atoms with Gasteiger partial charge in [0.25, 0.3) is 0 Å². The van der Waals surface area contributed by atoms with Crippen molar-refractivity contribution in [3.63, 3.8) is 0 Å². The molecule has 3 nitrogen and oxygen atoms in total. The van der Waals surface area contributed by atoms with Crippen molar-refractivity contribution in [1.82, 2.24) is 4.98 Å². The second-order valence-corrected chi connectivity index (χ2v) is 3.60. The van der Waals surface area contributed by atoms with Gasteiger partial charge in [0.1, 0.15) is 6.10 Å². The van der Waals surface area contributed by atoms with Gasteiger partial charge in [-0.3, -0.25) is 4.98 Å². The largest absolute Gasteiger partial charge is 0.370 e. The minimum atomic E-state index is -0.191. The Kier molecular flexibility index (Phi) is 3.49. The highest BCUT2D eigenvalue weighted by Gasteiger charge is 2.13. The summed E-state index contributed by atoms with van der Waals surface area (Å²) in [4.78, 5) is 4.28. The first-order valence-corrected chi connectivity index (χ1v) is 5.29. The van der Waals surface area contributed by atoms with Crippen LogP contribution in [0.15, 0.2) is 48.7 Å². The highest BCUT2D eigenvalue weighted by Crippen LogP contribution is 2.23. The molecule has 1 aromatic heterocycles. The van der Waals surface area contributed by atoms with Crippen molar-refractivity contribution in [2.45, 2.75) is 6.10 Å². The Bertz CT molecular complexity index is 514. The van der Waals surface area contributed by atoms with Gasteiger partial charge in [-0.2, -0.15) is 5.26 Å². The summed E-state index contributed by atoms with van der Waals surface area (Å²) < 4.78 is 5.45. The molecule has 2 rings (SSSR count). The maximum absolute atomic E-state index is 8.75. The van der Waals surface area contributed by atoms with Crippen LogP contribution in [0.5, 0.6) is 0 Å². The summed E-state index contributed by atoms with van der Waals surface area (Å²) in [5.41, 5.74) is 2.49. The van der Waals surface area contributed by atoms with Crippen LogP contribution in [0, 0.1) is 11.3 Å². The molecule has 0 saturated heterocycles. The van der Waals surface area contributed by atoms with E-state index in [0.717, 1.165) is 11.3 Å². The van der Waals surface area contributed by atoms with E-state index >= 15 is 0 Å². The van der Waals surface area contributed by atoms with Crippen LogP contribution in [0.3, 0.4) is 0 Å². The molecular weight excluding hydrogens is 212 g/mol. The number of nitriles is 1. The molecule has 2 aromatic rings. The SMILES string of the molecule is COC(c1ccc(C#N)cc1)c1ccccn1. The molecule has 0 aliphatic heterocycles. The zero-order valence-corrected chi connectivity index (χ0v) is 9.50. The van der Waals surface area contributed by atoms with E-state index < -0.39 is 0 Å². The molecule has 3 heteroatoms. The minimum absolute atomic E-state index is 0.191. The van der Waals surface area contributed by atoms with Crippen LogP contribution in [0.2, 0.25) is 0 Å². The summed E-state index contributed by atoms with van der Waals surface area (Å²) in [6, 6.07) is 15.2. The maximum Gasteiger partial charge on any atom is 0.124 e. The molecule has 0 fully saturated rings. The van der Waals surface area contributed by atoms with Gasteiger partial charge in [-0.1, -0.05) is 18.2 Å². The van der Waals surface area contributed by atoms with Gasteiger partial charge in [-0.05, 0) is 29.8 Å². The maximum atomic E-state index is 8.75. The fraction of sp³-hybridized carbons (Fsp3) is 0.143. The molecule has 0 aliphatic carbocycles. The van der Waals surface area contributed by atoms with Crippen molar-refractivity contribution < 1.29 is 4.74 Å². The normalized spacial score (nSPS) is 11.8. The van der Waals surface area contributed by atoms with E-state index in [1.807, 2.05) is 30.3 Å². The Balaban J connectivity index is 2.33. The highest BCUT2D eigenvalue weighted by molar-refractivity contribution is 5.34. The van der Waals surface area contributed by atoms with Gasteiger partial charge in [0.15, 0.2) is 0 Å². The van der Waals surface area contributed by atoms with Crippen molar-refractivity contribution in [1.29, 1.82) is 5.26 Å². The Hall–Kier alpha value is -2.18. The minimum Gasteiger partial charge on any atom is -0.370 e. The summed E-state index contributed by atoms with van der Waals surface area (Å²) in [6.07, 6.45) is 1.55. The number of hydrogen-bond donors (Lipinski definition) is 0. The molecule has 0 aliphatic rings. The predicted molar refractivity (Wildman–Crippen MR) is 64.2 cm³/mol. The third kappa shape index (κ3) is 2.49. The molecule has 1 atom stereocenters. The van der Waals surface area contributed by atoms with Crippen LogP contribution in [-0.2, 0) is 4.74 Å². The lowest BCUT2D eigenvalue weighted by atomic mass is 10.0. The summed E-state index contributed by atoms with van der Waals surface area (Å²) in [5, 5.41) is 8.75. The van der Waals surface area contributed by atoms with E-state index in [4.69, 9.17) is 10.00 Å². The van der Waals surface area contributed by atoms with Crippen molar-refractivity contribution in [3.8, 4) is 6.07 Å². The van der Waals surface area contributed by atoms with Gasteiger partial charge >= 0.3 is 0 Å². The van der Waals surface area contributed by atoms with Gasteiger partial charge in [0, 0.05) is 13.3 Å². The van der Waals surface area contributed by atoms with Gasteiger partial charge in [-0.25, -0.2) is 0 Å². The van der Waals surface area contributed by atoms with E-state index in [9.17, 15) is 0 Å². The standard InChI is InChI=1S/C14H12N2O/c1-17-14(13-4-2-3-9-16-13)12-7-5-11(10-15)6-8-12/h2-9,14H,1H3. The second-order valence-electron chi connectivity index (χ2n) is 3.60. The van der Waals surface area contributed by atoms with Crippen molar-refractivity contribution in [2.24, 2.45) is 0 Å². The molecule has 0 amide bonds. The van der Waals surface area contributed by atoms with Crippen LogP contribution in [0.25, 0.3) is 0 Å². The molecule has 1 heterocycles. The predicted octanol–water partition coefficient (Wildman–Crippen LogP) is 2.69. The van der Waals surface area contributed by atoms with Crippen molar-refractivity contribution in [2.75, 3.05) is 7.11 Å². The molecule has 0 saturated carbocycles. The first-order valence-electron chi connectivity index (χ1n) is 5.29. The van der Waals surface area contributed by atoms with Crippen LogP contribution in [0.4, 0.5) is 0 Å². The van der Waals surface area contributed by atoms with E-state index in [1.54, 1.807) is 25.4 Å². The fourth-order valence-electron chi connectivity index (χ4n) is 1.69. The lowest BCUT2D eigenvalue weighted by Crippen LogP contribution is -2.05. The molecule has 0 bridgehead atoms. The van der Waals surface area contributed by atoms with E-state index in [1.165, 1.54) is 0 Å². The zero-order chi connectivity index (χ0) is 12.1. The first-order chi connectivity index (χ1) is 8.35. The molecule has 0 N–H and O–H groups in total. The molecule has 0 spiro atoms. The Morgan fingerprint density at radius 2 is 1.94 bits per heavy atom. The van der Waals surface area contributed by atoms with Crippen molar-refractivity contribution in [3.05, 3.63) is 65.5 Å². The zero-order valence-electron chi connectivity index (χ0n) is 9.50. The Morgan fingerprint density at radius 1 is 1.18 bits per heavy atom. The van der Waals surface area contributed by atoms with E-state index in [0.29, 0.717) is 5.56 Å². The van der Waals surface area contributed by atoms with Crippen molar-refractivity contribution >= 4 is 0 Å². The number of rotatable bonds is 3. The number of ether oxygens (including phenoxy) is 1. The molecule has 1 unspecified atom stereocenters. The topological polar surface area (TPSA) is 45.9 Å². The number of benzene rings is 1. The average molecular weight is 224 g/mol. The van der Waals surface area contributed by atoms with Gasteiger partial charge in [-0.15, -0.1) is 0 Å². The van der Waals surface area contributed by atoms with E-state index in [-0.39, 0.29) is 6.10 Å². The molecule has 17 heavy (non-hydrogen) atoms. The summed E-state index contributed by atoms with van der Waals surface area (Å²) in [6.45, 7) is 0. The number of nitrogens with zero attached hydrogens (tertiary/aromatic N) is 2. The monoisotopic (exact) mass is 224 g/mol. The third-order valence-corrected chi connectivity index (χ3v) is 2.53. The fourth-order valence-corrected chi connectivity index (χ4v) is 1.69. The van der Waals surface area contributed by atoms with Crippen LogP contribution in [-0.4, -0.2) is 12.1 Å². The highest BCUT2D eigenvalue weighted by atomic mass is 16.5. The lowest BCUT2D eigenvalue weighted by molar-refractivity contribution is 0.133. The van der Waals surface area contributed by atoms with Crippen LogP contribution >= 0.6 is 0 Å². The number of pyridine rings is 1. The van der Waals surface area contributed by atoms with Crippen LogP contribution in [0.1, 0.15) is 22.9 Å². The Labute approximate surface area is 100 Å². The quantitative estimate of drug-likeness (QED) is 0.805. The third-order valence-electron chi connectivity index (χ3n) is 2.53. The van der Waals surface area contributed by atoms with Crippen LogP contribution < -0.4 is 0 Å². The second kappa shape index (κ2) is 5.24. The molecule has 0 radical (unpaired) electrons. The smallest absolute Gasteiger partial charge is 0.124 e. The number of aromatic nitrogens is 1. The molecule has 1 aromatic carbocycles. The summed E-state index contributed by atoms with van der Waals surface area (Å²) in [5.74, 6) is 0. The molecule has 84 valence electrons. The Morgan fingerprint density at radius 3 is 2.47 bits per heavy atom. The number of hydrogen-bond acceptors (Lipinski definition) is 3. The van der Waals surface area contributed by atoms with Gasteiger partial charge in [0.2, 0.25) is 0 Å². The average Bonchev–Trinajstić information content (AvgIpc) is 2.42. The first kappa shape index (κ1) is 11.3. The molecular formula is C14H12N2O. The summed E-state index contributed by atoms with van der Waals surface area (Å²) >= 11 is 0.